The van der Waals surface area contributed by atoms with Crippen LogP contribution in [-0.4, -0.2) is 40.4 Å². The maximum Gasteiger partial charge on any atom is 0.305 e. The number of nitrogens with one attached hydrogen (secondary N) is 1. The number of thiophene rings is 1. The molecule has 4 rings (SSSR count). The van der Waals surface area contributed by atoms with E-state index in [0.29, 0.717) is 24.9 Å². The predicted molar refractivity (Wildman–Crippen MR) is 147 cm³/mol. The number of rotatable bonds is 9. The van der Waals surface area contributed by atoms with Crippen LogP contribution in [0.2, 0.25) is 0 Å². The fourth-order valence-electron chi connectivity index (χ4n) is 5.13. The molecule has 1 aromatic heterocycles. The average Bonchev–Trinajstić information content (AvgIpc) is 3.32. The van der Waals surface area contributed by atoms with Crippen molar-refractivity contribution in [2.24, 2.45) is 5.92 Å². The molecule has 3 aromatic rings. The van der Waals surface area contributed by atoms with Crippen molar-refractivity contribution in [3.63, 3.8) is 0 Å². The molecule has 1 aliphatic heterocycles. The monoisotopic (exact) mass is 518 g/mol. The highest BCUT2D eigenvalue weighted by Crippen LogP contribution is 2.35. The number of hydrogen-bond donors (Lipinski definition) is 2. The third-order valence-electron chi connectivity index (χ3n) is 6.95. The fourth-order valence-corrected chi connectivity index (χ4v) is 6.27. The van der Waals surface area contributed by atoms with E-state index in [-0.39, 0.29) is 24.2 Å². The predicted octanol–water partition coefficient (Wildman–Crippen LogP) is 5.78. The van der Waals surface area contributed by atoms with Crippen LogP contribution in [0.1, 0.15) is 65.3 Å². The Kier molecular flexibility index (Phi) is 8.13. The van der Waals surface area contributed by atoms with E-state index in [9.17, 15) is 19.5 Å². The van der Waals surface area contributed by atoms with Crippen LogP contribution in [0.15, 0.2) is 53.9 Å². The largest absolute Gasteiger partial charge is 0.481 e. The molecule has 1 aliphatic rings. The van der Waals surface area contributed by atoms with Crippen LogP contribution in [0.4, 0.5) is 0 Å². The third kappa shape index (κ3) is 5.93. The van der Waals surface area contributed by atoms with Crippen molar-refractivity contribution in [2.45, 2.75) is 59.0 Å². The summed E-state index contributed by atoms with van der Waals surface area (Å²) in [5.74, 6) is -1.28. The van der Waals surface area contributed by atoms with E-state index in [1.165, 1.54) is 0 Å². The lowest BCUT2D eigenvalue weighted by molar-refractivity contribution is -0.138. The summed E-state index contributed by atoms with van der Waals surface area (Å²) >= 11 is 1.54. The van der Waals surface area contributed by atoms with Gasteiger partial charge in [0.2, 0.25) is 5.91 Å². The summed E-state index contributed by atoms with van der Waals surface area (Å²) in [5, 5.41) is 14.6. The molecule has 0 aliphatic carbocycles. The average molecular weight is 519 g/mol. The molecule has 0 saturated carbocycles. The zero-order valence-corrected chi connectivity index (χ0v) is 22.6. The summed E-state index contributed by atoms with van der Waals surface area (Å²) in [4.78, 5) is 41.5. The lowest BCUT2D eigenvalue weighted by Gasteiger charge is -2.36. The molecule has 0 spiro atoms. The Balaban J connectivity index is 1.61. The molecule has 6 nitrogen and oxygen atoms in total. The molecule has 2 N–H and O–H groups in total. The zero-order chi connectivity index (χ0) is 26.7. The van der Waals surface area contributed by atoms with E-state index in [2.05, 4.69) is 31.3 Å². The number of aliphatic carboxylic acids is 1. The van der Waals surface area contributed by atoms with Crippen LogP contribution in [0.25, 0.3) is 10.4 Å². The number of nitrogens with zero attached hydrogens (tertiary/aromatic N) is 1. The molecule has 0 saturated heterocycles. The van der Waals surface area contributed by atoms with Gasteiger partial charge in [0.1, 0.15) is 6.04 Å². The minimum Gasteiger partial charge on any atom is -0.481 e. The van der Waals surface area contributed by atoms with Crippen molar-refractivity contribution < 1.29 is 19.5 Å². The molecule has 2 aromatic carbocycles. The first-order valence-electron chi connectivity index (χ1n) is 12.7. The summed E-state index contributed by atoms with van der Waals surface area (Å²) in [6.45, 7) is 8.62. The first kappa shape index (κ1) is 26.6. The normalized spacial score (nSPS) is 14.8. The Hall–Kier alpha value is -3.45. The van der Waals surface area contributed by atoms with Gasteiger partial charge in [-0.25, -0.2) is 0 Å². The first-order valence-corrected chi connectivity index (χ1v) is 13.6. The number of carboxylic acid groups (broad SMARTS) is 1. The second-order valence-electron chi connectivity index (χ2n) is 10.2. The summed E-state index contributed by atoms with van der Waals surface area (Å²) < 4.78 is 0. The van der Waals surface area contributed by atoms with Crippen molar-refractivity contribution >= 4 is 29.1 Å². The molecule has 2 amide bonds. The van der Waals surface area contributed by atoms with Crippen molar-refractivity contribution in [3.05, 3.63) is 81.7 Å². The molecule has 0 fully saturated rings. The van der Waals surface area contributed by atoms with E-state index >= 15 is 0 Å². The molecule has 0 radical (unpaired) electrons. The van der Waals surface area contributed by atoms with Gasteiger partial charge in [-0.1, -0.05) is 50.2 Å². The van der Waals surface area contributed by atoms with Gasteiger partial charge in [0, 0.05) is 17.0 Å². The minimum absolute atomic E-state index is 0.148. The summed E-state index contributed by atoms with van der Waals surface area (Å²) in [6.07, 6.45) is 0.947. The Morgan fingerprint density at radius 3 is 2.46 bits per heavy atom. The van der Waals surface area contributed by atoms with Crippen molar-refractivity contribution in [2.75, 3.05) is 6.54 Å². The summed E-state index contributed by atoms with van der Waals surface area (Å²) in [7, 11) is 0. The number of carbonyl (C=O) groups excluding carboxylic acids is 2. The van der Waals surface area contributed by atoms with Crippen LogP contribution in [0, 0.1) is 19.8 Å². The van der Waals surface area contributed by atoms with Crippen molar-refractivity contribution in [1.29, 1.82) is 0 Å². The number of hydrogen-bond acceptors (Lipinski definition) is 4. The highest BCUT2D eigenvalue weighted by molar-refractivity contribution is 7.13. The number of carboxylic acids is 1. The van der Waals surface area contributed by atoms with Gasteiger partial charge in [0.25, 0.3) is 5.91 Å². The molecular weight excluding hydrogens is 484 g/mol. The number of aryl methyl sites for hydroxylation is 2. The van der Waals surface area contributed by atoms with Gasteiger partial charge in [0.05, 0.1) is 12.5 Å². The lowest BCUT2D eigenvalue weighted by Crippen LogP contribution is -2.53. The van der Waals surface area contributed by atoms with Gasteiger partial charge in [-0.15, -0.1) is 11.3 Å². The SMILES string of the molecule is Cc1cccc(C)c1-c1cc([C@H](CC(=O)O)NC(=O)[C@@H](CC(C)C)N2CCc3ccccc3C2=O)cs1. The lowest BCUT2D eigenvalue weighted by atomic mass is 9.94. The third-order valence-corrected chi connectivity index (χ3v) is 7.92. The Labute approximate surface area is 222 Å². The van der Waals surface area contributed by atoms with Gasteiger partial charge in [0.15, 0.2) is 0 Å². The standard InChI is InChI=1S/C30H34N2O4S/c1-18(2)14-25(32-13-12-21-10-5-6-11-23(21)30(32)36)29(35)31-24(16-27(33)34)22-15-26(37-17-22)28-19(3)8-7-9-20(28)4/h5-11,15,17-18,24-25H,12-14,16H2,1-4H3,(H,31,35)(H,33,34)/t24-,25+/m0/s1. The van der Waals surface area contributed by atoms with Crippen LogP contribution >= 0.6 is 11.3 Å². The molecule has 37 heavy (non-hydrogen) atoms. The van der Waals surface area contributed by atoms with Crippen molar-refractivity contribution in [3.8, 4) is 10.4 Å². The summed E-state index contributed by atoms with van der Waals surface area (Å²) in [5.41, 5.74) is 5.81. The van der Waals surface area contributed by atoms with Crippen LogP contribution in [-0.2, 0) is 16.0 Å². The quantitative estimate of drug-likeness (QED) is 0.376. The zero-order valence-electron chi connectivity index (χ0n) is 21.8. The van der Waals surface area contributed by atoms with Crippen LogP contribution < -0.4 is 5.32 Å². The Morgan fingerprint density at radius 1 is 1.08 bits per heavy atom. The molecule has 194 valence electrons. The van der Waals surface area contributed by atoms with E-state index < -0.39 is 18.1 Å². The molecule has 2 atom stereocenters. The highest BCUT2D eigenvalue weighted by Gasteiger charge is 2.35. The van der Waals surface area contributed by atoms with Gasteiger partial charge < -0.3 is 15.3 Å². The molecule has 0 unspecified atom stereocenters. The fraction of sp³-hybridized carbons (Fsp3) is 0.367. The van der Waals surface area contributed by atoms with Crippen molar-refractivity contribution in [1.82, 2.24) is 10.2 Å². The van der Waals surface area contributed by atoms with E-state index in [1.54, 1.807) is 16.2 Å². The van der Waals surface area contributed by atoms with Crippen LogP contribution in [0.3, 0.4) is 0 Å². The maximum absolute atomic E-state index is 13.7. The van der Waals surface area contributed by atoms with Crippen LogP contribution in [0.5, 0.6) is 0 Å². The summed E-state index contributed by atoms with van der Waals surface area (Å²) in [6, 6.07) is 14.3. The molecule has 0 bridgehead atoms. The van der Waals surface area contributed by atoms with E-state index in [4.69, 9.17) is 0 Å². The maximum atomic E-state index is 13.7. The second-order valence-corrected chi connectivity index (χ2v) is 11.1. The number of amides is 2. The number of benzene rings is 2. The number of carbonyl (C=O) groups is 3. The van der Waals surface area contributed by atoms with Gasteiger partial charge >= 0.3 is 5.97 Å². The van der Waals surface area contributed by atoms with E-state index in [1.807, 2.05) is 55.6 Å². The Bertz CT molecular complexity index is 1290. The van der Waals surface area contributed by atoms with E-state index in [0.717, 1.165) is 32.7 Å². The highest BCUT2D eigenvalue weighted by atomic mass is 32.1. The number of fused-ring (bicyclic) bond motifs is 1. The van der Waals surface area contributed by atoms with Gasteiger partial charge in [-0.05, 0) is 77.9 Å². The topological polar surface area (TPSA) is 86.7 Å². The van der Waals surface area contributed by atoms with Gasteiger partial charge in [-0.3, -0.25) is 14.4 Å². The minimum atomic E-state index is -0.992. The smallest absolute Gasteiger partial charge is 0.305 e. The molecule has 7 heteroatoms. The van der Waals surface area contributed by atoms with Gasteiger partial charge in [-0.2, -0.15) is 0 Å². The molecule has 2 heterocycles. The first-order chi connectivity index (χ1) is 17.7. The second kappa shape index (κ2) is 11.3. The Morgan fingerprint density at radius 2 is 1.78 bits per heavy atom. The molecular formula is C30H34N2O4S.